The number of aromatic nitrogens is 2. The molecule has 3 aromatic rings. The highest BCUT2D eigenvalue weighted by atomic mass is 79.9. The molecule has 0 radical (unpaired) electrons. The maximum absolute atomic E-state index is 6.10. The summed E-state index contributed by atoms with van der Waals surface area (Å²) in [6.07, 6.45) is 1.80. The van der Waals surface area contributed by atoms with Crippen LogP contribution in [0.2, 0.25) is 0 Å². The summed E-state index contributed by atoms with van der Waals surface area (Å²) < 4.78 is 8.13. The first-order valence-electron chi connectivity index (χ1n) is 6.43. The van der Waals surface area contributed by atoms with Gasteiger partial charge in [0.15, 0.2) is 0 Å². The van der Waals surface area contributed by atoms with Crippen LogP contribution in [0.5, 0.6) is 5.75 Å². The number of hydrogen-bond donors (Lipinski definition) is 1. The summed E-state index contributed by atoms with van der Waals surface area (Å²) in [6, 6.07) is 15.6. The molecule has 2 aromatic carbocycles. The number of nitrogens with zero attached hydrogens (tertiary/aromatic N) is 2. The molecule has 0 atom stereocenters. The van der Waals surface area contributed by atoms with Crippen LogP contribution in [-0.4, -0.2) is 16.9 Å². The zero-order chi connectivity index (χ0) is 14.8. The van der Waals surface area contributed by atoms with E-state index >= 15 is 0 Å². The van der Waals surface area contributed by atoms with Crippen molar-refractivity contribution in [3.63, 3.8) is 0 Å². The lowest BCUT2D eigenvalue weighted by atomic mass is 10.1. The van der Waals surface area contributed by atoms with Crippen molar-refractivity contribution >= 4 is 21.6 Å². The lowest BCUT2D eigenvalue weighted by Gasteiger charge is -2.07. The van der Waals surface area contributed by atoms with Gasteiger partial charge in [0.1, 0.15) is 17.1 Å². The van der Waals surface area contributed by atoms with Gasteiger partial charge >= 0.3 is 0 Å². The number of benzene rings is 2. The second kappa shape index (κ2) is 5.61. The maximum atomic E-state index is 6.10. The first-order valence-corrected chi connectivity index (χ1v) is 7.23. The van der Waals surface area contributed by atoms with Crippen molar-refractivity contribution in [1.29, 1.82) is 0 Å². The topological polar surface area (TPSA) is 53.1 Å². The number of ether oxygens (including phenoxy) is 1. The highest BCUT2D eigenvalue weighted by Gasteiger charge is 2.12. The summed E-state index contributed by atoms with van der Waals surface area (Å²) in [7, 11) is 1.64. The molecule has 0 fully saturated rings. The maximum Gasteiger partial charge on any atom is 0.144 e. The lowest BCUT2D eigenvalue weighted by molar-refractivity contribution is 0.412. The minimum absolute atomic E-state index is 0.628. The third-order valence-corrected chi connectivity index (χ3v) is 3.72. The first-order chi connectivity index (χ1) is 10.2. The molecule has 0 saturated carbocycles. The molecular weight excluding hydrogens is 330 g/mol. The predicted octanol–water partition coefficient (Wildman–Crippen LogP) is 3.89. The summed E-state index contributed by atoms with van der Waals surface area (Å²) in [5.74, 6) is 0.752. The van der Waals surface area contributed by atoms with Crippen molar-refractivity contribution in [3.05, 3.63) is 59.2 Å². The number of nitrogens with two attached hydrogens (primary N) is 1. The van der Waals surface area contributed by atoms with E-state index in [4.69, 9.17) is 10.5 Å². The zero-order valence-corrected chi connectivity index (χ0v) is 13.0. The summed E-state index contributed by atoms with van der Waals surface area (Å²) >= 11 is 3.42. The largest absolute Gasteiger partial charge is 0.494 e. The number of rotatable bonds is 3. The van der Waals surface area contributed by atoms with Crippen molar-refractivity contribution in [2.45, 2.75) is 0 Å². The Balaban J connectivity index is 2.07. The number of hydrogen-bond acceptors (Lipinski definition) is 3. The van der Waals surface area contributed by atoms with Gasteiger partial charge in [-0.15, -0.1) is 0 Å². The highest BCUT2D eigenvalue weighted by Crippen LogP contribution is 2.29. The molecule has 0 bridgehead atoms. The molecule has 2 N–H and O–H groups in total. The van der Waals surface area contributed by atoms with E-state index < -0.39 is 0 Å². The Hall–Kier alpha value is -2.27. The van der Waals surface area contributed by atoms with Crippen LogP contribution in [0.25, 0.3) is 16.9 Å². The summed E-state index contributed by atoms with van der Waals surface area (Å²) in [5, 5.41) is 4.58. The average molecular weight is 344 g/mol. The molecule has 1 heterocycles. The van der Waals surface area contributed by atoms with E-state index in [1.165, 1.54) is 0 Å². The number of anilines is 1. The van der Waals surface area contributed by atoms with Crippen molar-refractivity contribution in [3.8, 4) is 22.7 Å². The Morgan fingerprint density at radius 2 is 1.81 bits per heavy atom. The molecule has 0 unspecified atom stereocenters. The molecule has 5 heteroatoms. The molecule has 0 spiro atoms. The van der Waals surface area contributed by atoms with Crippen LogP contribution < -0.4 is 10.5 Å². The molecule has 3 rings (SSSR count). The molecular formula is C16H14BrN3O. The second-order valence-corrected chi connectivity index (χ2v) is 5.47. The number of nitrogen functional groups attached to an aromatic ring is 1. The van der Waals surface area contributed by atoms with Crippen molar-refractivity contribution < 1.29 is 4.74 Å². The van der Waals surface area contributed by atoms with Gasteiger partial charge in [0.05, 0.1) is 19.0 Å². The van der Waals surface area contributed by atoms with Crippen LogP contribution in [0.15, 0.2) is 59.2 Å². The molecule has 4 nitrogen and oxygen atoms in total. The monoisotopic (exact) mass is 343 g/mol. The van der Waals surface area contributed by atoms with Crippen LogP contribution in [0.1, 0.15) is 0 Å². The summed E-state index contributed by atoms with van der Waals surface area (Å²) in [6.45, 7) is 0. The van der Waals surface area contributed by atoms with Crippen molar-refractivity contribution in [2.75, 3.05) is 12.8 Å². The quantitative estimate of drug-likeness (QED) is 0.784. The van der Waals surface area contributed by atoms with Crippen LogP contribution in [0, 0.1) is 0 Å². The zero-order valence-electron chi connectivity index (χ0n) is 11.5. The number of methoxy groups -OCH3 is 1. The molecule has 0 aliphatic heterocycles. The molecule has 106 valence electrons. The van der Waals surface area contributed by atoms with E-state index in [1.807, 2.05) is 48.5 Å². The highest BCUT2D eigenvalue weighted by molar-refractivity contribution is 9.10. The van der Waals surface area contributed by atoms with Gasteiger partial charge in [-0.3, -0.25) is 0 Å². The normalized spacial score (nSPS) is 10.6. The molecule has 0 aliphatic rings. The van der Waals surface area contributed by atoms with E-state index in [2.05, 4.69) is 21.0 Å². The van der Waals surface area contributed by atoms with Gasteiger partial charge in [-0.25, -0.2) is 4.68 Å². The third kappa shape index (κ3) is 2.64. The number of para-hydroxylation sites is 2. The fraction of sp³-hybridized carbons (Fsp3) is 0.0625. The molecule has 0 saturated heterocycles. The Bertz CT molecular complexity index is 765. The SMILES string of the molecule is COc1ccccc1-n1cc(N)c(-c2ccc(Br)cc2)n1. The van der Waals surface area contributed by atoms with Crippen molar-refractivity contribution in [1.82, 2.24) is 9.78 Å². The third-order valence-electron chi connectivity index (χ3n) is 3.19. The lowest BCUT2D eigenvalue weighted by Crippen LogP contribution is -1.98. The van der Waals surface area contributed by atoms with Gasteiger partial charge in [0.25, 0.3) is 0 Å². The van der Waals surface area contributed by atoms with Gasteiger partial charge in [-0.05, 0) is 24.3 Å². The standard InChI is InChI=1S/C16H14BrN3O/c1-21-15-5-3-2-4-14(15)20-10-13(18)16(19-20)11-6-8-12(17)9-7-11/h2-10H,18H2,1H3. The predicted molar refractivity (Wildman–Crippen MR) is 87.7 cm³/mol. The van der Waals surface area contributed by atoms with E-state index in [0.29, 0.717) is 5.69 Å². The fourth-order valence-electron chi connectivity index (χ4n) is 2.16. The van der Waals surface area contributed by atoms with Crippen LogP contribution >= 0.6 is 15.9 Å². The Labute approximate surface area is 131 Å². The molecule has 0 aliphatic carbocycles. The summed E-state index contributed by atoms with van der Waals surface area (Å²) in [5.41, 5.74) is 9.32. The molecule has 0 amide bonds. The van der Waals surface area contributed by atoms with Gasteiger partial charge in [-0.1, -0.05) is 40.2 Å². The Kier molecular flexibility index (Phi) is 3.66. The Morgan fingerprint density at radius 1 is 1.10 bits per heavy atom. The molecule has 1 aromatic heterocycles. The van der Waals surface area contributed by atoms with Gasteiger partial charge in [-0.2, -0.15) is 5.10 Å². The summed E-state index contributed by atoms with van der Waals surface area (Å²) in [4.78, 5) is 0. The van der Waals surface area contributed by atoms with Gasteiger partial charge in [0.2, 0.25) is 0 Å². The van der Waals surface area contributed by atoms with Crippen LogP contribution in [-0.2, 0) is 0 Å². The minimum Gasteiger partial charge on any atom is -0.494 e. The van der Waals surface area contributed by atoms with E-state index in [1.54, 1.807) is 18.0 Å². The van der Waals surface area contributed by atoms with E-state index in [0.717, 1.165) is 27.2 Å². The van der Waals surface area contributed by atoms with Gasteiger partial charge in [0, 0.05) is 10.0 Å². The fourth-order valence-corrected chi connectivity index (χ4v) is 2.43. The van der Waals surface area contributed by atoms with Gasteiger partial charge < -0.3 is 10.5 Å². The second-order valence-electron chi connectivity index (χ2n) is 4.56. The smallest absolute Gasteiger partial charge is 0.144 e. The Morgan fingerprint density at radius 3 is 2.52 bits per heavy atom. The van der Waals surface area contributed by atoms with Crippen LogP contribution in [0.4, 0.5) is 5.69 Å². The number of halogens is 1. The van der Waals surface area contributed by atoms with E-state index in [-0.39, 0.29) is 0 Å². The molecule has 21 heavy (non-hydrogen) atoms. The minimum atomic E-state index is 0.628. The van der Waals surface area contributed by atoms with Crippen LogP contribution in [0.3, 0.4) is 0 Å². The average Bonchev–Trinajstić information content (AvgIpc) is 2.90. The van der Waals surface area contributed by atoms with E-state index in [9.17, 15) is 0 Å². The first kappa shape index (κ1) is 13.7. The van der Waals surface area contributed by atoms with Crippen molar-refractivity contribution in [2.24, 2.45) is 0 Å².